The summed E-state index contributed by atoms with van der Waals surface area (Å²) in [5, 5.41) is 12.6. The third-order valence-electron chi connectivity index (χ3n) is 8.27. The van der Waals surface area contributed by atoms with E-state index in [0.29, 0.717) is 27.8 Å². The average molecular weight is 684 g/mol. The van der Waals surface area contributed by atoms with Crippen molar-refractivity contribution in [1.29, 1.82) is 0 Å². The molecule has 2 aliphatic rings. The largest absolute Gasteiger partial charge is 0.445 e. The molecule has 0 saturated heterocycles. The number of rotatable bonds is 12. The van der Waals surface area contributed by atoms with Crippen LogP contribution in [0.1, 0.15) is 70.0 Å². The van der Waals surface area contributed by atoms with E-state index in [-0.39, 0.29) is 42.0 Å². The van der Waals surface area contributed by atoms with Gasteiger partial charge in [-0.15, -0.1) is 0 Å². The van der Waals surface area contributed by atoms with Gasteiger partial charge in [-0.05, 0) is 75.3 Å². The van der Waals surface area contributed by atoms with Crippen LogP contribution in [0.3, 0.4) is 0 Å². The number of carbonyl (C=O) groups excluding carboxylic acids is 5. The summed E-state index contributed by atoms with van der Waals surface area (Å²) in [5.74, 6) is -1.39. The predicted octanol–water partition coefficient (Wildman–Crippen LogP) is 4.22. The Kier molecular flexibility index (Phi) is 9.92. The van der Waals surface area contributed by atoms with E-state index >= 15 is 0 Å². The van der Waals surface area contributed by atoms with Crippen molar-refractivity contribution in [2.45, 2.75) is 71.2 Å². The molecule has 0 bridgehead atoms. The second kappa shape index (κ2) is 14.6. The van der Waals surface area contributed by atoms with Gasteiger partial charge in [0.2, 0.25) is 6.79 Å². The Morgan fingerprint density at radius 2 is 1.62 bits per heavy atom. The molecule has 4 aromatic rings. The monoisotopic (exact) mass is 683 g/mol. The minimum atomic E-state index is -1.12. The van der Waals surface area contributed by atoms with Crippen molar-refractivity contribution in [2.24, 2.45) is 0 Å². The zero-order valence-corrected chi connectivity index (χ0v) is 27.8. The van der Waals surface area contributed by atoms with Gasteiger partial charge in [-0.25, -0.2) is 28.8 Å². The average Bonchev–Trinajstić information content (AvgIpc) is 4.05. The molecule has 4 amide bonds. The summed E-state index contributed by atoms with van der Waals surface area (Å²) in [6.07, 6.45) is 4.58. The molecule has 2 aromatic heterocycles. The van der Waals surface area contributed by atoms with Crippen molar-refractivity contribution in [3.8, 4) is 0 Å². The van der Waals surface area contributed by atoms with Crippen molar-refractivity contribution >= 4 is 47.0 Å². The van der Waals surface area contributed by atoms with Crippen LogP contribution in [0, 0.1) is 13.8 Å². The van der Waals surface area contributed by atoms with E-state index in [1.54, 1.807) is 50.4 Å². The summed E-state index contributed by atoms with van der Waals surface area (Å²) in [7, 11) is 0. The summed E-state index contributed by atoms with van der Waals surface area (Å²) in [6, 6.07) is 13.0. The Labute approximate surface area is 287 Å². The lowest BCUT2D eigenvalue weighted by Gasteiger charge is -2.24. The fourth-order valence-corrected chi connectivity index (χ4v) is 5.14. The van der Waals surface area contributed by atoms with Crippen molar-refractivity contribution < 1.29 is 38.2 Å². The Morgan fingerprint density at radius 3 is 2.32 bits per heavy atom. The molecule has 3 N–H and O–H groups in total. The standard InChI is InChI=1S/C35H37N7O8/c1-20-9-10-24(31(43)39-25-11-12-25)15-28(20)42(30-29-21(2)27(16-41(29)37-18-36-30)32(44)40-26-13-14-26)35(47)50-19-49-33(45)22(3)38-34(46)48-17-23-7-5-4-6-8-23/h4-10,15-16,18,22,25-26H,11-14,17,19H2,1-3H3,(H,38,46)(H,39,43)(H,40,44). The van der Waals surface area contributed by atoms with Crippen LogP contribution in [0.4, 0.5) is 21.1 Å². The van der Waals surface area contributed by atoms with Crippen molar-refractivity contribution in [3.63, 3.8) is 0 Å². The molecule has 15 nitrogen and oxygen atoms in total. The molecule has 2 heterocycles. The first kappa shape index (κ1) is 33.9. The van der Waals surface area contributed by atoms with Crippen LogP contribution in [0.15, 0.2) is 61.1 Å². The highest BCUT2D eigenvalue weighted by Crippen LogP contribution is 2.34. The number of aryl methyl sites for hydroxylation is 2. The van der Waals surface area contributed by atoms with Crippen molar-refractivity contribution in [1.82, 2.24) is 30.5 Å². The lowest BCUT2D eigenvalue weighted by atomic mass is 10.1. The maximum Gasteiger partial charge on any atom is 0.423 e. The second-order valence-electron chi connectivity index (χ2n) is 12.3. The highest BCUT2D eigenvalue weighted by atomic mass is 16.7. The first-order valence-corrected chi connectivity index (χ1v) is 16.2. The first-order chi connectivity index (χ1) is 24.1. The van der Waals surface area contributed by atoms with Gasteiger partial charge in [0.1, 0.15) is 24.5 Å². The van der Waals surface area contributed by atoms with Gasteiger partial charge in [0.15, 0.2) is 5.82 Å². The lowest BCUT2D eigenvalue weighted by molar-refractivity contribution is -0.153. The van der Waals surface area contributed by atoms with Gasteiger partial charge < -0.3 is 30.2 Å². The number of aromatic nitrogens is 3. The molecule has 2 fully saturated rings. The van der Waals surface area contributed by atoms with Crippen LogP contribution < -0.4 is 20.9 Å². The second-order valence-corrected chi connectivity index (χ2v) is 12.3. The van der Waals surface area contributed by atoms with Crippen molar-refractivity contribution in [2.75, 3.05) is 11.7 Å². The molecule has 2 aliphatic carbocycles. The van der Waals surface area contributed by atoms with E-state index in [4.69, 9.17) is 14.2 Å². The van der Waals surface area contributed by atoms with Gasteiger partial charge in [-0.3, -0.25) is 9.59 Å². The molecule has 1 unspecified atom stereocenters. The minimum absolute atomic E-state index is 0.00881. The Balaban J connectivity index is 1.21. The molecule has 2 aromatic carbocycles. The third kappa shape index (κ3) is 7.99. The number of carbonyl (C=O) groups is 5. The van der Waals surface area contributed by atoms with Crippen LogP contribution in [0.2, 0.25) is 0 Å². The normalized spacial score (nSPS) is 14.3. The van der Waals surface area contributed by atoms with Crippen LogP contribution in [0.25, 0.3) is 5.52 Å². The Morgan fingerprint density at radius 1 is 0.920 bits per heavy atom. The highest BCUT2D eigenvalue weighted by Gasteiger charge is 2.31. The zero-order valence-electron chi connectivity index (χ0n) is 27.8. The topological polar surface area (TPSA) is 183 Å². The number of nitrogens with zero attached hydrogens (tertiary/aromatic N) is 4. The van der Waals surface area contributed by atoms with Crippen LogP contribution in [-0.2, 0) is 25.6 Å². The van der Waals surface area contributed by atoms with E-state index < -0.39 is 31.0 Å². The SMILES string of the molecule is Cc1ccc(C(=O)NC2CC2)cc1N(C(=O)OCOC(=O)C(C)NC(=O)OCc1ccccc1)c1ncnn2cc(C(=O)NC3CC3)c(C)c12. The van der Waals surface area contributed by atoms with Gasteiger partial charge >= 0.3 is 18.2 Å². The van der Waals surface area contributed by atoms with E-state index in [1.165, 1.54) is 17.8 Å². The molecule has 15 heteroatoms. The number of hydrogen-bond acceptors (Lipinski definition) is 10. The summed E-state index contributed by atoms with van der Waals surface area (Å²) in [4.78, 5) is 70.5. The number of fused-ring (bicyclic) bond motifs is 1. The Hall–Kier alpha value is -5.99. The molecule has 0 spiro atoms. The molecule has 6 rings (SSSR count). The molecular formula is C35H37N7O8. The summed E-state index contributed by atoms with van der Waals surface area (Å²) in [6.45, 7) is 4.07. The zero-order chi connectivity index (χ0) is 35.4. The molecule has 260 valence electrons. The smallest absolute Gasteiger partial charge is 0.423 e. The van der Waals surface area contributed by atoms with Gasteiger partial charge in [-0.1, -0.05) is 36.4 Å². The van der Waals surface area contributed by atoms with Gasteiger partial charge in [-0.2, -0.15) is 5.10 Å². The number of alkyl carbamates (subject to hydrolysis) is 1. The van der Waals surface area contributed by atoms with E-state index in [2.05, 4.69) is 26.0 Å². The summed E-state index contributed by atoms with van der Waals surface area (Å²) in [5.41, 5.74) is 3.17. The maximum absolute atomic E-state index is 13.9. The molecule has 2 saturated carbocycles. The number of esters is 1. The lowest BCUT2D eigenvalue weighted by Crippen LogP contribution is -2.40. The summed E-state index contributed by atoms with van der Waals surface area (Å²) < 4.78 is 17.2. The van der Waals surface area contributed by atoms with E-state index in [0.717, 1.165) is 36.1 Å². The quantitative estimate of drug-likeness (QED) is 0.144. The highest BCUT2D eigenvalue weighted by molar-refractivity contribution is 6.05. The number of ether oxygens (including phenoxy) is 3. The summed E-state index contributed by atoms with van der Waals surface area (Å²) >= 11 is 0. The molecule has 50 heavy (non-hydrogen) atoms. The predicted molar refractivity (Wildman–Crippen MR) is 179 cm³/mol. The molecule has 0 aliphatic heterocycles. The van der Waals surface area contributed by atoms with E-state index in [9.17, 15) is 24.0 Å². The van der Waals surface area contributed by atoms with Crippen LogP contribution in [-0.4, -0.2) is 69.5 Å². The number of nitrogens with one attached hydrogen (secondary N) is 3. The number of hydrogen-bond donors (Lipinski definition) is 3. The number of benzene rings is 2. The fourth-order valence-electron chi connectivity index (χ4n) is 5.14. The van der Waals surface area contributed by atoms with E-state index in [1.807, 2.05) is 18.2 Å². The fraction of sp³-hybridized carbons (Fsp3) is 0.343. The maximum atomic E-state index is 13.9. The Bertz CT molecular complexity index is 1940. The van der Waals surface area contributed by atoms with Crippen molar-refractivity contribution in [3.05, 3.63) is 88.9 Å². The third-order valence-corrected chi connectivity index (χ3v) is 8.27. The molecule has 0 radical (unpaired) electrons. The van der Waals surface area contributed by atoms with Gasteiger partial charge in [0, 0.05) is 23.8 Å². The number of anilines is 2. The number of amides is 4. The van der Waals surface area contributed by atoms with Crippen LogP contribution in [0.5, 0.6) is 0 Å². The van der Waals surface area contributed by atoms with Gasteiger partial charge in [0.05, 0.1) is 11.3 Å². The minimum Gasteiger partial charge on any atom is -0.445 e. The van der Waals surface area contributed by atoms with Gasteiger partial charge in [0.25, 0.3) is 11.8 Å². The van der Waals surface area contributed by atoms with Crippen LogP contribution >= 0.6 is 0 Å². The molecule has 1 atom stereocenters. The molecular weight excluding hydrogens is 646 g/mol. The first-order valence-electron chi connectivity index (χ1n) is 16.2.